The van der Waals surface area contributed by atoms with Crippen LogP contribution in [0.15, 0.2) is 114 Å². The Hall–Kier alpha value is -4.27. The van der Waals surface area contributed by atoms with E-state index in [1.165, 1.54) is 18.2 Å². The van der Waals surface area contributed by atoms with Gasteiger partial charge in [-0.15, -0.1) is 0 Å². The lowest BCUT2D eigenvalue weighted by molar-refractivity contribution is 0.242. The Morgan fingerprint density at radius 3 is 2.47 bits per heavy atom. The average Bonchev–Trinajstić information content (AvgIpc) is 2.93. The molecule has 2 heterocycles. The van der Waals surface area contributed by atoms with E-state index in [9.17, 15) is 13.2 Å². The summed E-state index contributed by atoms with van der Waals surface area (Å²) in [7, 11) is -4.20. The number of aromatic nitrogens is 2. The van der Waals surface area contributed by atoms with E-state index in [0.717, 1.165) is 27.5 Å². The van der Waals surface area contributed by atoms with Crippen LogP contribution in [-0.4, -0.2) is 24.4 Å². The first kappa shape index (κ1) is 25.4. The highest BCUT2D eigenvalue weighted by molar-refractivity contribution is 7.90. The topological polar surface area (TPSA) is 101 Å². The first-order valence-corrected chi connectivity index (χ1v) is 13.7. The molecule has 3 aromatic carbocycles. The van der Waals surface area contributed by atoms with Gasteiger partial charge in [-0.05, 0) is 53.3 Å². The zero-order valence-corrected chi connectivity index (χ0v) is 21.7. The molecule has 0 bridgehead atoms. The Balaban J connectivity index is 1.50. The molecular formula is C29H23ClN4O3S. The summed E-state index contributed by atoms with van der Waals surface area (Å²) >= 11 is 6.07. The molecule has 1 atom stereocenters. The van der Waals surface area contributed by atoms with Crippen molar-refractivity contribution in [2.45, 2.75) is 17.4 Å². The second kappa shape index (κ2) is 11.0. The fraction of sp³-hybridized carbons (Fsp3) is 0.0690. The molecule has 1 unspecified atom stereocenters. The summed E-state index contributed by atoms with van der Waals surface area (Å²) in [5.74, 6) is 0. The zero-order chi connectivity index (χ0) is 26.5. The molecule has 5 rings (SSSR count). The van der Waals surface area contributed by atoms with E-state index in [0.29, 0.717) is 12.1 Å². The molecule has 0 saturated carbocycles. The van der Waals surface area contributed by atoms with Crippen molar-refractivity contribution in [2.75, 3.05) is 0 Å². The van der Waals surface area contributed by atoms with E-state index >= 15 is 0 Å². The Morgan fingerprint density at radius 1 is 0.868 bits per heavy atom. The van der Waals surface area contributed by atoms with Gasteiger partial charge in [0.05, 0.1) is 16.8 Å². The van der Waals surface area contributed by atoms with Gasteiger partial charge in [0.25, 0.3) is 10.0 Å². The van der Waals surface area contributed by atoms with Gasteiger partial charge in [0.2, 0.25) is 0 Å². The highest BCUT2D eigenvalue weighted by atomic mass is 35.5. The van der Waals surface area contributed by atoms with Gasteiger partial charge < -0.3 is 5.32 Å². The number of rotatable bonds is 7. The number of carbonyl (C=O) groups excluding carboxylic acids is 1. The van der Waals surface area contributed by atoms with E-state index in [1.54, 1.807) is 24.7 Å². The third-order valence-electron chi connectivity index (χ3n) is 6.06. The minimum Gasteiger partial charge on any atom is -0.329 e. The van der Waals surface area contributed by atoms with E-state index in [2.05, 4.69) is 20.0 Å². The van der Waals surface area contributed by atoms with Crippen LogP contribution in [0.2, 0.25) is 5.02 Å². The number of carbonyl (C=O) groups is 1. The minimum absolute atomic E-state index is 0.0199. The molecule has 0 radical (unpaired) electrons. The van der Waals surface area contributed by atoms with Crippen molar-refractivity contribution < 1.29 is 13.2 Å². The fourth-order valence-corrected chi connectivity index (χ4v) is 5.72. The summed E-state index contributed by atoms with van der Waals surface area (Å²) in [6.07, 6.45) is 5.58. The van der Waals surface area contributed by atoms with Crippen molar-refractivity contribution in [3.63, 3.8) is 0 Å². The third-order valence-corrected chi connectivity index (χ3v) is 7.89. The summed E-state index contributed by atoms with van der Waals surface area (Å²) in [5.41, 5.74) is 3.27. The number of fused-ring (bicyclic) bond motifs is 1. The van der Waals surface area contributed by atoms with Gasteiger partial charge in [-0.2, -0.15) is 0 Å². The van der Waals surface area contributed by atoms with E-state index in [-0.39, 0.29) is 9.92 Å². The van der Waals surface area contributed by atoms with Crippen LogP contribution in [0.3, 0.4) is 0 Å². The number of nitrogens with one attached hydrogen (secondary N) is 2. The monoisotopic (exact) mass is 542 g/mol. The number of halogens is 1. The van der Waals surface area contributed by atoms with Gasteiger partial charge in [-0.25, -0.2) is 17.9 Å². The molecular weight excluding hydrogens is 520 g/mol. The van der Waals surface area contributed by atoms with Gasteiger partial charge in [-0.1, -0.05) is 72.3 Å². The first-order valence-electron chi connectivity index (χ1n) is 11.8. The second-order valence-corrected chi connectivity index (χ2v) is 10.7. The van der Waals surface area contributed by atoms with Crippen LogP contribution in [0, 0.1) is 0 Å². The quantitative estimate of drug-likeness (QED) is 0.266. The predicted octanol–water partition coefficient (Wildman–Crippen LogP) is 5.92. The smallest absolute Gasteiger partial charge is 0.329 e. The molecule has 190 valence electrons. The molecule has 5 aromatic rings. The van der Waals surface area contributed by atoms with E-state index < -0.39 is 22.1 Å². The maximum Gasteiger partial charge on any atom is 0.329 e. The van der Waals surface area contributed by atoms with Gasteiger partial charge in [0, 0.05) is 29.5 Å². The predicted molar refractivity (Wildman–Crippen MR) is 148 cm³/mol. The second-order valence-electron chi connectivity index (χ2n) is 8.63. The number of hydrogen-bond donors (Lipinski definition) is 2. The molecule has 0 aliphatic carbocycles. The molecule has 0 aliphatic rings. The highest BCUT2D eigenvalue weighted by Gasteiger charge is 2.25. The standard InChI is InChI=1S/C29H23ClN4O3S/c30-25-10-4-5-11-27(25)38(36,37)34-29(35)33-26(17-20-7-2-1-3-8-20)28-24(9-6-15-32-28)22-13-12-21-14-16-31-19-23(21)18-22/h1-16,18-19,26H,17H2,(H2,33,34,35). The normalized spacial score (nSPS) is 12.1. The minimum atomic E-state index is -4.20. The molecule has 9 heteroatoms. The lowest BCUT2D eigenvalue weighted by Gasteiger charge is -2.22. The van der Waals surface area contributed by atoms with Crippen molar-refractivity contribution in [2.24, 2.45) is 0 Å². The van der Waals surface area contributed by atoms with Crippen LogP contribution in [0.1, 0.15) is 17.3 Å². The lowest BCUT2D eigenvalue weighted by atomic mass is 9.94. The van der Waals surface area contributed by atoms with Gasteiger partial charge in [-0.3, -0.25) is 9.97 Å². The number of benzene rings is 3. The average molecular weight is 543 g/mol. The molecule has 2 N–H and O–H groups in total. The number of urea groups is 1. The molecule has 2 aromatic heterocycles. The van der Waals surface area contributed by atoms with Crippen LogP contribution in [0.4, 0.5) is 4.79 Å². The molecule has 0 aliphatic heterocycles. The van der Waals surface area contributed by atoms with Crippen LogP contribution in [0.5, 0.6) is 0 Å². The Kier molecular flexibility index (Phi) is 7.35. The first-order chi connectivity index (χ1) is 18.4. The molecule has 0 saturated heterocycles. The van der Waals surface area contributed by atoms with Crippen LogP contribution in [-0.2, 0) is 16.4 Å². The molecule has 38 heavy (non-hydrogen) atoms. The number of sulfonamides is 1. The summed E-state index contributed by atoms with van der Waals surface area (Å²) < 4.78 is 27.8. The van der Waals surface area contributed by atoms with Crippen LogP contribution >= 0.6 is 11.6 Å². The van der Waals surface area contributed by atoms with Gasteiger partial charge in [0.1, 0.15) is 4.90 Å². The Bertz CT molecular complexity index is 1710. The third kappa shape index (κ3) is 5.66. The Morgan fingerprint density at radius 2 is 1.66 bits per heavy atom. The van der Waals surface area contributed by atoms with Crippen LogP contribution < -0.4 is 10.0 Å². The van der Waals surface area contributed by atoms with E-state index in [4.69, 9.17) is 11.6 Å². The molecule has 2 amide bonds. The molecule has 0 spiro atoms. The van der Waals surface area contributed by atoms with Crippen molar-refractivity contribution >= 4 is 38.4 Å². The van der Waals surface area contributed by atoms with Crippen molar-refractivity contribution in [3.05, 3.63) is 126 Å². The van der Waals surface area contributed by atoms with E-state index in [1.807, 2.05) is 66.7 Å². The number of nitrogens with zero attached hydrogens (tertiary/aromatic N) is 2. The number of pyridine rings is 2. The van der Waals surface area contributed by atoms with Crippen LogP contribution in [0.25, 0.3) is 21.9 Å². The Labute approximate surface area is 225 Å². The lowest BCUT2D eigenvalue weighted by Crippen LogP contribution is -2.42. The molecule has 7 nitrogen and oxygen atoms in total. The number of amides is 2. The molecule has 0 fully saturated rings. The zero-order valence-electron chi connectivity index (χ0n) is 20.1. The SMILES string of the molecule is O=C(NC(Cc1ccccc1)c1ncccc1-c1ccc2ccncc2c1)NS(=O)(=O)c1ccccc1Cl. The van der Waals surface area contributed by atoms with Crippen molar-refractivity contribution in [1.29, 1.82) is 0 Å². The number of hydrogen-bond acceptors (Lipinski definition) is 5. The maximum atomic E-state index is 13.1. The summed E-state index contributed by atoms with van der Waals surface area (Å²) in [4.78, 5) is 21.7. The fourth-order valence-electron chi connectivity index (χ4n) is 4.29. The summed E-state index contributed by atoms with van der Waals surface area (Å²) in [5, 5.41) is 4.87. The maximum absolute atomic E-state index is 13.1. The van der Waals surface area contributed by atoms with Gasteiger partial charge in [0.15, 0.2) is 0 Å². The summed E-state index contributed by atoms with van der Waals surface area (Å²) in [6.45, 7) is 0. The largest absolute Gasteiger partial charge is 0.329 e. The summed E-state index contributed by atoms with van der Waals surface area (Å²) in [6, 6.07) is 25.7. The van der Waals surface area contributed by atoms with Gasteiger partial charge >= 0.3 is 6.03 Å². The van der Waals surface area contributed by atoms with Crippen molar-refractivity contribution in [1.82, 2.24) is 20.0 Å². The van der Waals surface area contributed by atoms with Crippen molar-refractivity contribution in [3.8, 4) is 11.1 Å². The highest BCUT2D eigenvalue weighted by Crippen LogP contribution is 2.31.